The fourth-order valence-electron chi connectivity index (χ4n) is 4.10. The van der Waals surface area contributed by atoms with Crippen molar-refractivity contribution in [1.82, 2.24) is 9.88 Å². The molecule has 1 aromatic heterocycles. The number of carbonyl (C=O) groups is 3. The number of amides is 1. The van der Waals surface area contributed by atoms with Crippen molar-refractivity contribution in [3.63, 3.8) is 0 Å². The lowest BCUT2D eigenvalue weighted by Gasteiger charge is -2.28. The largest absolute Gasteiger partial charge is 0.872 e. The molecule has 1 amide bonds. The molecule has 8 nitrogen and oxygen atoms in total. The molecule has 0 aliphatic carbocycles. The third kappa shape index (κ3) is 4.41. The summed E-state index contributed by atoms with van der Waals surface area (Å²) in [5.41, 5.74) is 0.634. The Kier molecular flexibility index (Phi) is 7.02. The van der Waals surface area contributed by atoms with Gasteiger partial charge in [-0.2, -0.15) is 0 Å². The number of carbonyl (C=O) groups excluding carboxylic acids is 3. The standard InChI is InChI=1S/C24H28FN3O5/c1-6-33-24(32)19-13(2)17(14(3)26-19)21(29)18-20(15-9-7-8-10-16(15)25)28(12-11-27(4)5)23(31)22(18)30/h7-10,20,26,29H,6,11-12H2,1-5H3. The number of ether oxygens (including phenoxy) is 1. The molecule has 1 aliphatic heterocycles. The molecule has 1 fully saturated rings. The molecule has 9 heteroatoms. The summed E-state index contributed by atoms with van der Waals surface area (Å²) in [4.78, 5) is 43.4. The second-order valence-corrected chi connectivity index (χ2v) is 8.30. The van der Waals surface area contributed by atoms with E-state index in [0.29, 0.717) is 17.8 Å². The molecular formula is C24H28FN3O5. The van der Waals surface area contributed by atoms with Gasteiger partial charge in [-0.05, 0) is 38.0 Å². The van der Waals surface area contributed by atoms with Crippen LogP contribution >= 0.6 is 0 Å². The van der Waals surface area contributed by atoms with E-state index in [4.69, 9.17) is 4.74 Å². The fourth-order valence-corrected chi connectivity index (χ4v) is 4.10. The van der Waals surface area contributed by atoms with Crippen LogP contribution in [0.15, 0.2) is 29.8 Å². The van der Waals surface area contributed by atoms with Crippen LogP contribution < -0.4 is 10.0 Å². The Hall–Kier alpha value is -3.46. The van der Waals surface area contributed by atoms with Crippen molar-refractivity contribution in [3.8, 4) is 0 Å². The Bertz CT molecular complexity index is 1140. The van der Waals surface area contributed by atoms with E-state index in [2.05, 4.69) is 4.98 Å². The molecule has 2 aromatic rings. The zero-order chi connectivity index (χ0) is 24.4. The summed E-state index contributed by atoms with van der Waals surface area (Å²) in [6.45, 7) is 5.65. The van der Waals surface area contributed by atoms with Crippen LogP contribution in [0.5, 0.6) is 0 Å². The summed E-state index contributed by atoms with van der Waals surface area (Å²) in [6.07, 6.45) is 0. The summed E-state index contributed by atoms with van der Waals surface area (Å²) in [5.74, 6) is -3.75. The molecule has 176 valence electrons. The number of quaternary nitrogens is 1. The van der Waals surface area contributed by atoms with Crippen LogP contribution in [0.3, 0.4) is 0 Å². The van der Waals surface area contributed by atoms with E-state index in [0.717, 1.165) is 4.90 Å². The van der Waals surface area contributed by atoms with Crippen LogP contribution in [0.1, 0.15) is 45.8 Å². The van der Waals surface area contributed by atoms with Gasteiger partial charge in [0.15, 0.2) is 0 Å². The van der Waals surface area contributed by atoms with E-state index in [1.54, 1.807) is 26.8 Å². The minimum atomic E-state index is -1.15. The molecule has 3 rings (SSSR count). The number of esters is 1. The maximum Gasteiger partial charge on any atom is 0.355 e. The van der Waals surface area contributed by atoms with Crippen LogP contribution in [0.2, 0.25) is 0 Å². The van der Waals surface area contributed by atoms with E-state index >= 15 is 0 Å². The van der Waals surface area contributed by atoms with Crippen molar-refractivity contribution in [2.75, 3.05) is 33.8 Å². The lowest BCUT2D eigenvalue weighted by Crippen LogP contribution is -3.06. The maximum atomic E-state index is 14.8. The number of halogens is 1. The first-order valence-electron chi connectivity index (χ1n) is 10.8. The van der Waals surface area contributed by atoms with E-state index in [9.17, 15) is 23.9 Å². The van der Waals surface area contributed by atoms with Crippen molar-refractivity contribution < 1.29 is 33.5 Å². The molecule has 2 N–H and O–H groups in total. The highest BCUT2D eigenvalue weighted by Gasteiger charge is 2.45. The number of aryl methyl sites for hydroxylation is 1. The number of aromatic amines is 1. The number of nitrogens with zero attached hydrogens (tertiary/aromatic N) is 1. The number of hydrogen-bond acceptors (Lipinski definition) is 5. The average molecular weight is 458 g/mol. The van der Waals surface area contributed by atoms with Gasteiger partial charge in [0.05, 0.1) is 39.8 Å². The van der Waals surface area contributed by atoms with Gasteiger partial charge in [-0.15, -0.1) is 0 Å². The molecule has 0 spiro atoms. The van der Waals surface area contributed by atoms with Crippen molar-refractivity contribution in [3.05, 3.63) is 63.7 Å². The molecule has 0 saturated carbocycles. The topological polar surface area (TPSA) is 107 Å². The lowest BCUT2D eigenvalue weighted by molar-refractivity contribution is -0.857. The summed E-state index contributed by atoms with van der Waals surface area (Å²) in [7, 11) is 3.78. The van der Waals surface area contributed by atoms with Crippen LogP contribution in [-0.2, 0) is 14.3 Å². The first-order chi connectivity index (χ1) is 15.6. The van der Waals surface area contributed by atoms with Gasteiger partial charge >= 0.3 is 5.97 Å². The average Bonchev–Trinajstić information content (AvgIpc) is 3.19. The van der Waals surface area contributed by atoms with Gasteiger partial charge in [0.2, 0.25) is 5.78 Å². The SMILES string of the molecule is CCOC(=O)c1[nH]c(C)c(C([O-])=C2C(=O)C(=O)N(CC[NH+](C)C)C2c2ccccc2F)c1C. The Morgan fingerprint density at radius 3 is 2.52 bits per heavy atom. The number of ketones is 1. The number of hydrogen-bond donors (Lipinski definition) is 2. The van der Waals surface area contributed by atoms with Crippen molar-refractivity contribution in [2.24, 2.45) is 0 Å². The smallest absolute Gasteiger partial charge is 0.355 e. The van der Waals surface area contributed by atoms with Crippen LogP contribution in [0.4, 0.5) is 4.39 Å². The molecular weight excluding hydrogens is 429 g/mol. The highest BCUT2D eigenvalue weighted by molar-refractivity contribution is 6.46. The number of nitrogens with one attached hydrogen (secondary N) is 2. The minimum absolute atomic E-state index is 0.0743. The summed E-state index contributed by atoms with van der Waals surface area (Å²) >= 11 is 0. The number of benzene rings is 1. The third-order valence-electron chi connectivity index (χ3n) is 5.73. The number of H-pyrrole nitrogens is 1. The molecule has 2 heterocycles. The quantitative estimate of drug-likeness (QED) is 0.270. The molecule has 0 radical (unpaired) electrons. The Morgan fingerprint density at radius 1 is 1.24 bits per heavy atom. The fraction of sp³-hybridized carbons (Fsp3) is 0.375. The van der Waals surface area contributed by atoms with Crippen LogP contribution in [-0.4, -0.2) is 61.3 Å². The molecule has 1 aromatic carbocycles. The van der Waals surface area contributed by atoms with Gasteiger partial charge in [0.25, 0.3) is 5.91 Å². The van der Waals surface area contributed by atoms with Crippen molar-refractivity contribution >= 4 is 23.4 Å². The normalized spacial score (nSPS) is 17.8. The molecule has 33 heavy (non-hydrogen) atoms. The minimum Gasteiger partial charge on any atom is -0.872 e. The molecule has 1 unspecified atom stereocenters. The predicted octanol–water partition coefficient (Wildman–Crippen LogP) is 0.316. The van der Waals surface area contributed by atoms with E-state index in [1.807, 2.05) is 14.1 Å². The van der Waals surface area contributed by atoms with Crippen LogP contribution in [0.25, 0.3) is 5.76 Å². The Labute approximate surface area is 191 Å². The number of Topliss-reactive ketones (excluding diaryl/α,β-unsaturated/α-hetero) is 1. The van der Waals surface area contributed by atoms with Crippen molar-refractivity contribution in [1.29, 1.82) is 0 Å². The lowest BCUT2D eigenvalue weighted by atomic mass is 9.93. The Balaban J connectivity index is 2.22. The van der Waals surface area contributed by atoms with E-state index in [-0.39, 0.29) is 35.5 Å². The summed E-state index contributed by atoms with van der Waals surface area (Å²) < 4.78 is 19.8. The maximum absolute atomic E-state index is 14.8. The highest BCUT2D eigenvalue weighted by atomic mass is 19.1. The molecule has 1 aliphatic rings. The van der Waals surface area contributed by atoms with E-state index < -0.39 is 35.3 Å². The van der Waals surface area contributed by atoms with Gasteiger partial charge in [0, 0.05) is 16.8 Å². The summed E-state index contributed by atoms with van der Waals surface area (Å²) in [5, 5.41) is 13.7. The zero-order valence-electron chi connectivity index (χ0n) is 19.4. The first-order valence-corrected chi connectivity index (χ1v) is 10.8. The number of likely N-dealkylation sites (N-methyl/N-ethyl adjacent to an activating group) is 1. The zero-order valence-corrected chi connectivity index (χ0v) is 19.4. The van der Waals surface area contributed by atoms with Gasteiger partial charge in [-0.25, -0.2) is 9.18 Å². The highest BCUT2D eigenvalue weighted by Crippen LogP contribution is 2.40. The second-order valence-electron chi connectivity index (χ2n) is 8.30. The van der Waals surface area contributed by atoms with Gasteiger partial charge in [-0.3, -0.25) is 9.59 Å². The second kappa shape index (κ2) is 9.58. The molecule has 0 bridgehead atoms. The number of likely N-dealkylation sites (tertiary alicyclic amines) is 1. The molecule has 1 atom stereocenters. The van der Waals surface area contributed by atoms with Gasteiger partial charge < -0.3 is 24.6 Å². The van der Waals surface area contributed by atoms with Crippen molar-refractivity contribution in [2.45, 2.75) is 26.8 Å². The molecule has 1 saturated heterocycles. The first kappa shape index (κ1) is 24.2. The van der Waals surface area contributed by atoms with Gasteiger partial charge in [0.1, 0.15) is 11.5 Å². The predicted molar refractivity (Wildman–Crippen MR) is 117 cm³/mol. The van der Waals surface area contributed by atoms with Crippen LogP contribution in [0, 0.1) is 19.7 Å². The number of rotatable bonds is 7. The number of aromatic nitrogens is 1. The third-order valence-corrected chi connectivity index (χ3v) is 5.73. The van der Waals surface area contributed by atoms with E-state index in [1.165, 1.54) is 23.1 Å². The van der Waals surface area contributed by atoms with Gasteiger partial charge in [-0.1, -0.05) is 24.0 Å². The Morgan fingerprint density at radius 2 is 1.91 bits per heavy atom. The summed E-state index contributed by atoms with van der Waals surface area (Å²) in [6, 6.07) is 4.63. The monoisotopic (exact) mass is 457 g/mol.